The number of aromatic amines is 1. The zero-order valence-electron chi connectivity index (χ0n) is 11.0. The molecule has 10 heteroatoms. The second-order valence-corrected chi connectivity index (χ2v) is 6.32. The van der Waals surface area contributed by atoms with E-state index >= 15 is 0 Å². The summed E-state index contributed by atoms with van der Waals surface area (Å²) in [4.78, 5) is 21.9. The molecule has 0 bridgehead atoms. The summed E-state index contributed by atoms with van der Waals surface area (Å²) in [6, 6.07) is 0. The second kappa shape index (κ2) is 5.30. The third kappa shape index (κ3) is 2.39. The summed E-state index contributed by atoms with van der Waals surface area (Å²) in [5.41, 5.74) is -0.0448. The van der Waals surface area contributed by atoms with Crippen LogP contribution in [-0.2, 0) is 15.5 Å². The molecule has 0 aliphatic carbocycles. The highest BCUT2D eigenvalue weighted by atomic mass is 32.2. The van der Waals surface area contributed by atoms with Gasteiger partial charge in [0.25, 0.3) is 5.56 Å². The van der Waals surface area contributed by atoms with Crippen LogP contribution < -0.4 is 5.56 Å². The normalized spacial score (nSPS) is 30.8. The van der Waals surface area contributed by atoms with Gasteiger partial charge in [0.05, 0.1) is 18.4 Å². The minimum Gasteiger partial charge on any atom is -0.387 e. The summed E-state index contributed by atoms with van der Waals surface area (Å²) >= 11 is 0. The van der Waals surface area contributed by atoms with Crippen molar-refractivity contribution in [2.45, 2.75) is 24.5 Å². The maximum Gasteiger partial charge on any atom is 0.278 e. The van der Waals surface area contributed by atoms with Crippen LogP contribution in [0.5, 0.6) is 0 Å². The molecule has 3 heterocycles. The second-order valence-electron chi connectivity index (χ2n) is 4.84. The molecule has 0 saturated carbocycles. The third-order valence-electron chi connectivity index (χ3n) is 3.38. The van der Waals surface area contributed by atoms with Crippen LogP contribution in [-0.4, -0.2) is 64.3 Å². The van der Waals surface area contributed by atoms with E-state index in [-0.39, 0.29) is 16.9 Å². The first-order valence-corrected chi connectivity index (χ1v) is 7.93. The molecular weight excluding hydrogens is 300 g/mol. The molecule has 0 radical (unpaired) electrons. The third-order valence-corrected chi connectivity index (χ3v) is 4.17. The van der Waals surface area contributed by atoms with Crippen molar-refractivity contribution in [2.75, 3.05) is 12.0 Å². The highest BCUT2D eigenvalue weighted by Gasteiger charge is 2.44. The maximum absolute atomic E-state index is 11.6. The van der Waals surface area contributed by atoms with Crippen molar-refractivity contribution in [3.05, 3.63) is 23.0 Å². The fraction of sp³-hybridized carbons (Fsp3) is 0.545. The van der Waals surface area contributed by atoms with Crippen molar-refractivity contribution >= 4 is 22.0 Å². The summed E-state index contributed by atoms with van der Waals surface area (Å²) in [6.45, 7) is 0. The van der Waals surface area contributed by atoms with Gasteiger partial charge in [0.15, 0.2) is 17.4 Å². The van der Waals surface area contributed by atoms with E-state index in [0.29, 0.717) is 0 Å². The number of H-pyrrole nitrogens is 1. The van der Waals surface area contributed by atoms with Gasteiger partial charge < -0.3 is 19.9 Å². The zero-order valence-corrected chi connectivity index (χ0v) is 11.9. The Hall–Kier alpha value is -1.62. The number of aliphatic hydroxyl groups excluding tert-OH is 2. The van der Waals surface area contributed by atoms with Crippen molar-refractivity contribution < 1.29 is 19.2 Å². The molecule has 0 aromatic carbocycles. The highest BCUT2D eigenvalue weighted by Crippen LogP contribution is 2.31. The lowest BCUT2D eigenvalue weighted by atomic mass is 10.1. The number of rotatable bonds is 3. The lowest BCUT2D eigenvalue weighted by Crippen LogP contribution is -2.34. The molecule has 1 aliphatic heterocycles. The Morgan fingerprint density at radius 3 is 2.90 bits per heavy atom. The van der Waals surface area contributed by atoms with Gasteiger partial charge in [-0.15, -0.1) is 0 Å². The molecule has 1 fully saturated rings. The zero-order chi connectivity index (χ0) is 15.1. The summed E-state index contributed by atoms with van der Waals surface area (Å²) in [5.74, 6) is 0.107. The van der Waals surface area contributed by atoms with Crippen molar-refractivity contribution in [1.29, 1.82) is 0 Å². The Labute approximate surface area is 121 Å². The van der Waals surface area contributed by atoms with Crippen molar-refractivity contribution in [2.24, 2.45) is 0 Å². The van der Waals surface area contributed by atoms with Gasteiger partial charge in [-0.3, -0.25) is 13.6 Å². The average Bonchev–Trinajstić information content (AvgIpc) is 2.96. The molecule has 0 spiro atoms. The van der Waals surface area contributed by atoms with Crippen LogP contribution in [0.2, 0.25) is 0 Å². The van der Waals surface area contributed by atoms with Gasteiger partial charge >= 0.3 is 0 Å². The Bertz CT molecular complexity index is 744. The average molecular weight is 314 g/mol. The fourth-order valence-electron chi connectivity index (χ4n) is 2.38. The van der Waals surface area contributed by atoms with Gasteiger partial charge in [-0.2, -0.15) is 0 Å². The van der Waals surface area contributed by atoms with Crippen molar-refractivity contribution in [3.8, 4) is 0 Å². The smallest absolute Gasteiger partial charge is 0.278 e. The van der Waals surface area contributed by atoms with Crippen LogP contribution >= 0.6 is 0 Å². The van der Waals surface area contributed by atoms with E-state index in [1.165, 1.54) is 23.5 Å². The molecule has 1 saturated heterocycles. The van der Waals surface area contributed by atoms with E-state index in [1.54, 1.807) is 0 Å². The van der Waals surface area contributed by atoms with Crippen LogP contribution in [0.1, 0.15) is 6.23 Å². The summed E-state index contributed by atoms with van der Waals surface area (Å²) in [7, 11) is -1.18. The highest BCUT2D eigenvalue weighted by molar-refractivity contribution is 7.84. The molecule has 9 nitrogen and oxygen atoms in total. The van der Waals surface area contributed by atoms with E-state index in [4.69, 9.17) is 4.74 Å². The Morgan fingerprint density at radius 2 is 2.19 bits per heavy atom. The number of imidazole rings is 1. The number of ether oxygens (including phenoxy) is 1. The predicted octanol–water partition coefficient (Wildman–Crippen LogP) is -1.88. The summed E-state index contributed by atoms with van der Waals surface area (Å²) < 4.78 is 18.2. The lowest BCUT2D eigenvalue weighted by Gasteiger charge is -2.16. The van der Waals surface area contributed by atoms with Crippen molar-refractivity contribution in [3.63, 3.8) is 0 Å². The number of aromatic nitrogens is 4. The summed E-state index contributed by atoms with van der Waals surface area (Å²) in [6.07, 6.45) is -0.0555. The number of nitrogens with one attached hydrogen (secondary N) is 1. The topological polar surface area (TPSA) is 130 Å². The van der Waals surface area contributed by atoms with Crippen LogP contribution in [0, 0.1) is 0 Å². The Kier molecular flexibility index (Phi) is 3.61. The van der Waals surface area contributed by atoms with Gasteiger partial charge in [-0.1, -0.05) is 0 Å². The Morgan fingerprint density at radius 1 is 1.43 bits per heavy atom. The SMILES string of the molecule is CS(=O)C[C@H]1O[C@@H](n2cnc3c(=O)[nH]cnc32)[C@H](O)[C@@H]1O. The number of hydrogen-bond acceptors (Lipinski definition) is 7. The minimum absolute atomic E-state index is 0.107. The monoisotopic (exact) mass is 314 g/mol. The molecular formula is C11H14N4O5S. The molecule has 3 N–H and O–H groups in total. The van der Waals surface area contributed by atoms with Gasteiger partial charge in [-0.05, 0) is 0 Å². The largest absolute Gasteiger partial charge is 0.387 e. The molecule has 21 heavy (non-hydrogen) atoms. The van der Waals surface area contributed by atoms with Crippen LogP contribution in [0.15, 0.2) is 17.4 Å². The first-order valence-electron chi connectivity index (χ1n) is 6.21. The quantitative estimate of drug-likeness (QED) is 0.604. The predicted molar refractivity (Wildman–Crippen MR) is 73.0 cm³/mol. The Balaban J connectivity index is 1.98. The standard InChI is InChI=1S/C11H14N4O5S/c1-21(19)2-5-7(16)8(17)11(20-5)15-4-14-6-9(15)12-3-13-10(6)18/h3-5,7-8,11,16-17H,2H2,1H3,(H,12,13,18)/t5-,7-,8-,11-,21?/m1/s1. The number of nitrogens with zero attached hydrogens (tertiary/aromatic N) is 3. The van der Waals surface area contributed by atoms with Gasteiger partial charge in [0.1, 0.15) is 18.3 Å². The molecule has 1 unspecified atom stereocenters. The lowest BCUT2D eigenvalue weighted by molar-refractivity contribution is -0.0290. The first-order chi connectivity index (χ1) is 9.99. The minimum atomic E-state index is -1.22. The van der Waals surface area contributed by atoms with Crippen LogP contribution in [0.4, 0.5) is 0 Å². The van der Waals surface area contributed by atoms with Gasteiger partial charge in [0.2, 0.25) is 0 Å². The molecule has 114 valence electrons. The molecule has 1 aliphatic rings. The fourth-order valence-corrected chi connectivity index (χ4v) is 3.12. The van der Waals surface area contributed by atoms with Gasteiger partial charge in [-0.25, -0.2) is 9.97 Å². The van der Waals surface area contributed by atoms with Crippen molar-refractivity contribution in [1.82, 2.24) is 19.5 Å². The van der Waals surface area contributed by atoms with Crippen LogP contribution in [0.3, 0.4) is 0 Å². The molecule has 0 amide bonds. The molecule has 3 rings (SSSR count). The van der Waals surface area contributed by atoms with E-state index in [0.717, 1.165) is 0 Å². The molecule has 5 atom stereocenters. The van der Waals surface area contributed by atoms with Gasteiger partial charge in [0, 0.05) is 17.1 Å². The van der Waals surface area contributed by atoms with E-state index in [9.17, 15) is 19.2 Å². The summed E-state index contributed by atoms with van der Waals surface area (Å²) in [5, 5.41) is 20.1. The molecule has 2 aromatic rings. The van der Waals surface area contributed by atoms with E-state index < -0.39 is 40.9 Å². The first kappa shape index (κ1) is 14.3. The number of hydrogen-bond donors (Lipinski definition) is 3. The molecule has 2 aromatic heterocycles. The van der Waals surface area contributed by atoms with Crippen LogP contribution in [0.25, 0.3) is 11.2 Å². The number of aliphatic hydroxyl groups is 2. The number of fused-ring (bicyclic) bond motifs is 1. The van der Waals surface area contributed by atoms with E-state index in [1.807, 2.05) is 0 Å². The van der Waals surface area contributed by atoms with E-state index in [2.05, 4.69) is 15.0 Å². The maximum atomic E-state index is 11.6.